The second-order valence-electron chi connectivity index (χ2n) is 17.9. The van der Waals surface area contributed by atoms with Gasteiger partial charge in [-0.05, 0) is 44.9 Å². The molecule has 0 radical (unpaired) electrons. The van der Waals surface area contributed by atoms with E-state index in [1.807, 2.05) is 0 Å². The van der Waals surface area contributed by atoms with Crippen molar-refractivity contribution >= 4 is 11.9 Å². The average Bonchev–Trinajstić information content (AvgIpc) is 3.22. The van der Waals surface area contributed by atoms with E-state index in [0.717, 1.165) is 51.4 Å². The molecule has 0 fully saturated rings. The molecule has 0 saturated heterocycles. The van der Waals surface area contributed by atoms with Crippen LogP contribution in [0, 0.1) is 0 Å². The van der Waals surface area contributed by atoms with E-state index in [1.54, 1.807) is 0 Å². The molecule has 3 N–H and O–H groups in total. The maximum atomic E-state index is 13.2. The Labute approximate surface area is 361 Å². The van der Waals surface area contributed by atoms with Crippen LogP contribution in [0.1, 0.15) is 284 Å². The Hall–Kier alpha value is -1.40. The van der Waals surface area contributed by atoms with E-state index in [9.17, 15) is 19.8 Å². The Morgan fingerprint density at radius 2 is 0.845 bits per heavy atom. The lowest BCUT2D eigenvalue weighted by Gasteiger charge is -2.24. The molecule has 6 heteroatoms. The highest BCUT2D eigenvalue weighted by atomic mass is 16.5. The zero-order valence-electron chi connectivity index (χ0n) is 39.2. The van der Waals surface area contributed by atoms with E-state index in [2.05, 4.69) is 38.2 Å². The van der Waals surface area contributed by atoms with Crippen molar-refractivity contribution in [1.82, 2.24) is 5.32 Å². The van der Waals surface area contributed by atoms with Gasteiger partial charge in [0.2, 0.25) is 5.91 Å². The van der Waals surface area contributed by atoms with Crippen LogP contribution >= 0.6 is 0 Å². The molecule has 0 aromatic carbocycles. The van der Waals surface area contributed by atoms with Gasteiger partial charge in [0.05, 0.1) is 25.2 Å². The van der Waals surface area contributed by atoms with E-state index in [1.165, 1.54) is 186 Å². The van der Waals surface area contributed by atoms with Crippen molar-refractivity contribution in [3.05, 3.63) is 12.2 Å². The summed E-state index contributed by atoms with van der Waals surface area (Å²) in [6.45, 7) is 6.46. The van der Waals surface area contributed by atoms with Gasteiger partial charge in [-0.2, -0.15) is 0 Å². The van der Waals surface area contributed by atoms with Gasteiger partial charge in [0, 0.05) is 6.42 Å². The Morgan fingerprint density at radius 3 is 1.28 bits per heavy atom. The molecule has 0 saturated carbocycles. The standard InChI is InChI=1S/C52H101NO5/c1-4-7-10-13-16-19-22-23-24-25-26-27-30-31-34-37-40-43-48(58-52(57)45-42-39-36-33-29-21-18-15-12-9-6-3)46-51(56)53-49(47-54)50(55)44-41-38-35-32-28-20-17-14-11-8-5-2/h15,18,48-50,54-55H,4-14,16-17,19-47H2,1-3H3,(H,53,56)/b18-15-. The molecule has 0 spiro atoms. The lowest BCUT2D eigenvalue weighted by Crippen LogP contribution is -2.46. The van der Waals surface area contributed by atoms with Gasteiger partial charge in [-0.1, -0.05) is 238 Å². The molecule has 0 aromatic heterocycles. The fraction of sp³-hybridized carbons (Fsp3) is 0.923. The summed E-state index contributed by atoms with van der Waals surface area (Å²) in [6.07, 6.45) is 51.3. The first kappa shape index (κ1) is 56.6. The molecule has 0 aliphatic rings. The van der Waals surface area contributed by atoms with Gasteiger partial charge in [-0.15, -0.1) is 0 Å². The average molecular weight is 820 g/mol. The number of ether oxygens (including phenoxy) is 1. The summed E-state index contributed by atoms with van der Waals surface area (Å²) in [5, 5.41) is 23.7. The number of hydrogen-bond donors (Lipinski definition) is 3. The second-order valence-corrected chi connectivity index (χ2v) is 17.9. The van der Waals surface area contributed by atoms with E-state index >= 15 is 0 Å². The van der Waals surface area contributed by atoms with Crippen LogP contribution in [0.5, 0.6) is 0 Å². The van der Waals surface area contributed by atoms with Gasteiger partial charge in [-0.25, -0.2) is 0 Å². The van der Waals surface area contributed by atoms with Crippen molar-refractivity contribution in [2.24, 2.45) is 0 Å². The monoisotopic (exact) mass is 820 g/mol. The zero-order valence-corrected chi connectivity index (χ0v) is 39.2. The summed E-state index contributed by atoms with van der Waals surface area (Å²) >= 11 is 0. The fourth-order valence-corrected chi connectivity index (χ4v) is 8.12. The lowest BCUT2D eigenvalue weighted by molar-refractivity contribution is -0.151. The van der Waals surface area contributed by atoms with Crippen LogP contribution in [0.4, 0.5) is 0 Å². The first-order valence-corrected chi connectivity index (χ1v) is 25.9. The minimum atomic E-state index is -0.782. The Balaban J connectivity index is 4.52. The van der Waals surface area contributed by atoms with Crippen molar-refractivity contribution in [1.29, 1.82) is 0 Å². The molecule has 344 valence electrons. The van der Waals surface area contributed by atoms with Crippen molar-refractivity contribution < 1.29 is 24.5 Å². The summed E-state index contributed by atoms with van der Waals surface area (Å²) in [5.74, 6) is -0.468. The van der Waals surface area contributed by atoms with E-state index in [-0.39, 0.29) is 24.9 Å². The lowest BCUT2D eigenvalue weighted by atomic mass is 10.0. The Kier molecular flexibility index (Phi) is 45.5. The third-order valence-electron chi connectivity index (χ3n) is 12.1. The van der Waals surface area contributed by atoms with Crippen LogP contribution in [0.3, 0.4) is 0 Å². The molecule has 0 aromatic rings. The minimum Gasteiger partial charge on any atom is -0.462 e. The molecule has 3 unspecified atom stereocenters. The number of unbranched alkanes of at least 4 members (excludes halogenated alkanes) is 33. The van der Waals surface area contributed by atoms with Gasteiger partial charge in [-0.3, -0.25) is 9.59 Å². The predicted octanol–water partition coefficient (Wildman–Crippen LogP) is 15.3. The molecule has 0 rings (SSSR count). The topological polar surface area (TPSA) is 95.9 Å². The van der Waals surface area contributed by atoms with Crippen molar-refractivity contribution in [3.8, 4) is 0 Å². The second kappa shape index (κ2) is 46.7. The largest absolute Gasteiger partial charge is 0.462 e. The van der Waals surface area contributed by atoms with Crippen LogP contribution < -0.4 is 5.32 Å². The molecule has 58 heavy (non-hydrogen) atoms. The fourth-order valence-electron chi connectivity index (χ4n) is 8.12. The van der Waals surface area contributed by atoms with E-state index < -0.39 is 18.2 Å². The van der Waals surface area contributed by atoms with Crippen molar-refractivity contribution in [3.63, 3.8) is 0 Å². The van der Waals surface area contributed by atoms with Crippen LogP contribution in [-0.2, 0) is 14.3 Å². The van der Waals surface area contributed by atoms with Crippen LogP contribution in [0.25, 0.3) is 0 Å². The van der Waals surface area contributed by atoms with Gasteiger partial charge in [0.15, 0.2) is 0 Å². The summed E-state index contributed by atoms with van der Waals surface area (Å²) < 4.78 is 5.93. The predicted molar refractivity (Wildman–Crippen MR) is 250 cm³/mol. The van der Waals surface area contributed by atoms with Gasteiger partial charge in [0.25, 0.3) is 0 Å². The summed E-state index contributed by atoms with van der Waals surface area (Å²) in [7, 11) is 0. The molecule has 6 nitrogen and oxygen atoms in total. The smallest absolute Gasteiger partial charge is 0.306 e. The molecular formula is C52H101NO5. The van der Waals surface area contributed by atoms with E-state index in [0.29, 0.717) is 19.3 Å². The molecule has 0 aliphatic heterocycles. The summed E-state index contributed by atoms with van der Waals surface area (Å²) in [5.41, 5.74) is 0. The van der Waals surface area contributed by atoms with Gasteiger partial charge in [0.1, 0.15) is 6.10 Å². The maximum Gasteiger partial charge on any atom is 0.306 e. The minimum absolute atomic E-state index is 0.0814. The van der Waals surface area contributed by atoms with Crippen molar-refractivity contribution in [2.45, 2.75) is 302 Å². The van der Waals surface area contributed by atoms with Crippen molar-refractivity contribution in [2.75, 3.05) is 6.61 Å². The Bertz CT molecular complexity index is 878. The molecular weight excluding hydrogens is 719 g/mol. The normalized spacial score (nSPS) is 13.3. The van der Waals surface area contributed by atoms with Gasteiger partial charge >= 0.3 is 5.97 Å². The third-order valence-corrected chi connectivity index (χ3v) is 12.1. The number of carbonyl (C=O) groups is 2. The SMILES string of the molecule is CCCC/C=C\CCCCCCCC(=O)OC(CCCCCCCCCCCCCCCCCCC)CC(=O)NC(CO)C(O)CCCCCCCCCCCCC. The molecule has 0 aliphatic carbocycles. The first-order valence-electron chi connectivity index (χ1n) is 25.9. The number of nitrogens with one attached hydrogen (secondary N) is 1. The number of carbonyl (C=O) groups excluding carboxylic acids is 2. The third kappa shape index (κ3) is 41.3. The van der Waals surface area contributed by atoms with E-state index in [4.69, 9.17) is 4.74 Å². The number of esters is 1. The molecule has 0 bridgehead atoms. The molecule has 3 atom stereocenters. The highest BCUT2D eigenvalue weighted by molar-refractivity contribution is 5.77. The number of hydrogen-bond acceptors (Lipinski definition) is 5. The maximum absolute atomic E-state index is 13.2. The molecule has 0 heterocycles. The summed E-state index contributed by atoms with van der Waals surface area (Å²) in [6, 6.07) is -0.695. The van der Waals surface area contributed by atoms with Gasteiger partial charge < -0.3 is 20.3 Å². The number of aliphatic hydroxyl groups excluding tert-OH is 2. The van der Waals surface area contributed by atoms with Crippen LogP contribution in [0.2, 0.25) is 0 Å². The number of amides is 1. The first-order chi connectivity index (χ1) is 28.5. The molecule has 1 amide bonds. The quantitative estimate of drug-likeness (QED) is 0.0323. The highest BCUT2D eigenvalue weighted by Gasteiger charge is 2.24. The number of rotatable bonds is 47. The van der Waals surface area contributed by atoms with Crippen LogP contribution in [-0.4, -0.2) is 46.9 Å². The van der Waals surface area contributed by atoms with Crippen LogP contribution in [0.15, 0.2) is 12.2 Å². The number of allylic oxidation sites excluding steroid dienone is 2. The zero-order chi connectivity index (χ0) is 42.4. The number of aliphatic hydroxyl groups is 2. The highest BCUT2D eigenvalue weighted by Crippen LogP contribution is 2.18. The Morgan fingerprint density at radius 1 is 0.483 bits per heavy atom. The summed E-state index contributed by atoms with van der Waals surface area (Å²) in [4.78, 5) is 26.1.